The number of pyridine rings is 1. The Bertz CT molecular complexity index is 1110. The summed E-state index contributed by atoms with van der Waals surface area (Å²) in [7, 11) is 0. The van der Waals surface area contributed by atoms with Crippen LogP contribution in [-0.2, 0) is 0 Å². The Hall–Kier alpha value is -2.93. The molecule has 0 atom stereocenters. The van der Waals surface area contributed by atoms with Crippen LogP contribution in [0.2, 0.25) is 0 Å². The van der Waals surface area contributed by atoms with E-state index >= 15 is 0 Å². The summed E-state index contributed by atoms with van der Waals surface area (Å²) in [4.78, 5) is 36.1. The summed E-state index contributed by atoms with van der Waals surface area (Å²) in [5.41, 5.74) is 2.76. The lowest BCUT2D eigenvalue weighted by atomic mass is 10.3. The highest BCUT2D eigenvalue weighted by atomic mass is 32.2. The molecule has 0 saturated carbocycles. The summed E-state index contributed by atoms with van der Waals surface area (Å²) in [6.07, 6.45) is 2.16. The second kappa shape index (κ2) is 5.61. The number of fused-ring (bicyclic) bond motifs is 2. The third-order valence-electron chi connectivity index (χ3n) is 3.73. The molecule has 6 nitrogen and oxygen atoms in total. The zero-order valence-corrected chi connectivity index (χ0v) is 13.5. The van der Waals surface area contributed by atoms with Crippen molar-refractivity contribution in [2.24, 2.45) is 0 Å². The summed E-state index contributed by atoms with van der Waals surface area (Å²) < 4.78 is 1.39. The van der Waals surface area contributed by atoms with Gasteiger partial charge in [0.25, 0.3) is 5.56 Å². The molecule has 3 aromatic heterocycles. The standard InChI is InChI=1S/C17H12N4O2S/c1-10-5-4-8-21-14(10)20-15(11(9-22)16(21)23)24-17-18-12-6-2-3-7-13(12)19-17/h2-9H,1H3,(H,18,19). The first kappa shape index (κ1) is 14.6. The van der Waals surface area contributed by atoms with E-state index in [-0.39, 0.29) is 11.1 Å². The van der Waals surface area contributed by atoms with Crippen molar-refractivity contribution in [3.05, 3.63) is 64.1 Å². The lowest BCUT2D eigenvalue weighted by Crippen LogP contribution is -2.21. The van der Waals surface area contributed by atoms with Gasteiger partial charge in [-0.2, -0.15) is 0 Å². The minimum atomic E-state index is -0.377. The topological polar surface area (TPSA) is 80.1 Å². The average molecular weight is 336 g/mol. The lowest BCUT2D eigenvalue weighted by molar-refractivity contribution is 0.111. The van der Waals surface area contributed by atoms with Crippen LogP contribution in [0, 0.1) is 6.92 Å². The Morgan fingerprint density at radius 2 is 2.00 bits per heavy atom. The van der Waals surface area contributed by atoms with Gasteiger partial charge in [-0.1, -0.05) is 18.2 Å². The first-order chi connectivity index (χ1) is 11.7. The van der Waals surface area contributed by atoms with E-state index < -0.39 is 0 Å². The number of aryl methyl sites for hydroxylation is 1. The van der Waals surface area contributed by atoms with E-state index in [0.717, 1.165) is 16.6 Å². The van der Waals surface area contributed by atoms with Crippen molar-refractivity contribution in [2.75, 3.05) is 0 Å². The molecule has 3 heterocycles. The van der Waals surface area contributed by atoms with E-state index in [2.05, 4.69) is 15.0 Å². The Morgan fingerprint density at radius 1 is 1.17 bits per heavy atom. The number of carbonyl (C=O) groups is 1. The third kappa shape index (κ3) is 2.30. The van der Waals surface area contributed by atoms with Gasteiger partial charge in [0.05, 0.1) is 11.0 Å². The molecule has 0 amide bonds. The van der Waals surface area contributed by atoms with Crippen LogP contribution in [0.15, 0.2) is 57.6 Å². The normalized spacial score (nSPS) is 11.2. The second-order valence-corrected chi connectivity index (χ2v) is 6.28. The predicted molar refractivity (Wildman–Crippen MR) is 91.8 cm³/mol. The highest BCUT2D eigenvalue weighted by Crippen LogP contribution is 2.27. The minimum Gasteiger partial charge on any atom is -0.333 e. The Kier molecular flexibility index (Phi) is 3.42. The van der Waals surface area contributed by atoms with Crippen molar-refractivity contribution < 1.29 is 4.79 Å². The van der Waals surface area contributed by atoms with Crippen molar-refractivity contribution >= 4 is 34.7 Å². The number of H-pyrrole nitrogens is 1. The highest BCUT2D eigenvalue weighted by Gasteiger charge is 2.16. The maximum atomic E-state index is 12.5. The van der Waals surface area contributed by atoms with E-state index in [9.17, 15) is 9.59 Å². The molecule has 1 N–H and O–H groups in total. The van der Waals surface area contributed by atoms with Gasteiger partial charge in [0.1, 0.15) is 16.2 Å². The third-order valence-corrected chi connectivity index (χ3v) is 4.62. The molecule has 0 spiro atoms. The summed E-state index contributed by atoms with van der Waals surface area (Å²) in [6, 6.07) is 11.3. The van der Waals surface area contributed by atoms with Gasteiger partial charge in [-0.05, 0) is 42.4 Å². The molecule has 0 aliphatic carbocycles. The summed E-state index contributed by atoms with van der Waals surface area (Å²) in [5, 5.41) is 0.937. The average Bonchev–Trinajstić information content (AvgIpc) is 2.98. The van der Waals surface area contributed by atoms with Gasteiger partial charge in [-0.15, -0.1) is 0 Å². The number of aromatic amines is 1. The van der Waals surface area contributed by atoms with Gasteiger partial charge >= 0.3 is 0 Å². The van der Waals surface area contributed by atoms with Crippen molar-refractivity contribution in [3.8, 4) is 0 Å². The molecule has 0 bridgehead atoms. The Morgan fingerprint density at radius 3 is 2.79 bits per heavy atom. The number of aromatic nitrogens is 4. The largest absolute Gasteiger partial charge is 0.333 e. The van der Waals surface area contributed by atoms with Crippen LogP contribution in [0.3, 0.4) is 0 Å². The van der Waals surface area contributed by atoms with Crippen LogP contribution < -0.4 is 5.56 Å². The first-order valence-electron chi connectivity index (χ1n) is 7.27. The number of nitrogens with one attached hydrogen (secondary N) is 1. The SMILES string of the molecule is Cc1cccn2c(=O)c(C=O)c(Sc3nc4ccccc4[nH]3)nc12. The summed E-state index contributed by atoms with van der Waals surface area (Å²) in [6.45, 7) is 1.87. The molecule has 0 unspecified atom stereocenters. The molecule has 0 saturated heterocycles. The van der Waals surface area contributed by atoms with Gasteiger partial charge < -0.3 is 4.98 Å². The van der Waals surface area contributed by atoms with Crippen LogP contribution >= 0.6 is 11.8 Å². The van der Waals surface area contributed by atoms with Crippen LogP contribution in [0.25, 0.3) is 16.7 Å². The van der Waals surface area contributed by atoms with Gasteiger partial charge in [0, 0.05) is 6.20 Å². The second-order valence-electron chi connectivity index (χ2n) is 5.30. The smallest absolute Gasteiger partial charge is 0.269 e. The van der Waals surface area contributed by atoms with Crippen LogP contribution in [0.1, 0.15) is 15.9 Å². The fraction of sp³-hybridized carbons (Fsp3) is 0.0588. The van der Waals surface area contributed by atoms with Crippen molar-refractivity contribution in [1.29, 1.82) is 0 Å². The Balaban J connectivity index is 1.90. The highest BCUT2D eigenvalue weighted by molar-refractivity contribution is 7.99. The molecule has 4 rings (SSSR count). The molecule has 0 fully saturated rings. The lowest BCUT2D eigenvalue weighted by Gasteiger charge is -2.07. The maximum Gasteiger partial charge on any atom is 0.269 e. The maximum absolute atomic E-state index is 12.5. The number of hydrogen-bond donors (Lipinski definition) is 1. The quantitative estimate of drug-likeness (QED) is 0.460. The summed E-state index contributed by atoms with van der Waals surface area (Å²) >= 11 is 1.18. The zero-order valence-electron chi connectivity index (χ0n) is 12.7. The van der Waals surface area contributed by atoms with E-state index in [0.29, 0.717) is 22.1 Å². The number of imidazole rings is 1. The number of para-hydroxylation sites is 2. The minimum absolute atomic E-state index is 0.0311. The van der Waals surface area contributed by atoms with Gasteiger partial charge in [-0.3, -0.25) is 14.0 Å². The molecule has 7 heteroatoms. The molecule has 4 aromatic rings. The van der Waals surface area contributed by atoms with Crippen LogP contribution in [0.4, 0.5) is 0 Å². The molecule has 0 radical (unpaired) electrons. The Labute approximate surface area is 140 Å². The van der Waals surface area contributed by atoms with E-state index in [1.54, 1.807) is 12.3 Å². The molecule has 118 valence electrons. The zero-order chi connectivity index (χ0) is 16.7. The fourth-order valence-electron chi connectivity index (χ4n) is 2.54. The predicted octanol–water partition coefficient (Wildman–Crippen LogP) is 2.84. The van der Waals surface area contributed by atoms with E-state index in [1.807, 2.05) is 37.3 Å². The van der Waals surface area contributed by atoms with Gasteiger partial charge in [0.2, 0.25) is 0 Å². The molecular formula is C17H12N4O2S. The number of benzene rings is 1. The molecule has 1 aromatic carbocycles. The van der Waals surface area contributed by atoms with E-state index in [4.69, 9.17) is 0 Å². The first-order valence-corrected chi connectivity index (χ1v) is 8.09. The van der Waals surface area contributed by atoms with E-state index in [1.165, 1.54) is 16.2 Å². The van der Waals surface area contributed by atoms with Gasteiger partial charge in [-0.25, -0.2) is 9.97 Å². The molecular weight excluding hydrogens is 324 g/mol. The number of nitrogens with zero attached hydrogens (tertiary/aromatic N) is 3. The monoisotopic (exact) mass is 336 g/mol. The van der Waals surface area contributed by atoms with Gasteiger partial charge in [0.15, 0.2) is 11.4 Å². The molecule has 0 aliphatic heterocycles. The number of rotatable bonds is 3. The van der Waals surface area contributed by atoms with Crippen LogP contribution in [-0.4, -0.2) is 25.6 Å². The molecule has 0 aliphatic rings. The molecule has 24 heavy (non-hydrogen) atoms. The van der Waals surface area contributed by atoms with Crippen LogP contribution in [0.5, 0.6) is 0 Å². The summed E-state index contributed by atoms with van der Waals surface area (Å²) in [5.74, 6) is 0. The number of hydrogen-bond acceptors (Lipinski definition) is 5. The van der Waals surface area contributed by atoms with Crippen molar-refractivity contribution in [1.82, 2.24) is 19.4 Å². The fourth-order valence-corrected chi connectivity index (χ4v) is 3.41. The number of aldehydes is 1. The van der Waals surface area contributed by atoms with Crippen molar-refractivity contribution in [2.45, 2.75) is 17.1 Å². The number of carbonyl (C=O) groups excluding carboxylic acids is 1. The van der Waals surface area contributed by atoms with Crippen molar-refractivity contribution in [3.63, 3.8) is 0 Å².